The fraction of sp³-hybridized carbons (Fsp3) is 0.0588. The maximum Gasteiger partial charge on any atom is 0.230 e. The van der Waals surface area contributed by atoms with Gasteiger partial charge in [0.25, 0.3) is 0 Å². The molecule has 2 aromatic rings. The van der Waals surface area contributed by atoms with Crippen molar-refractivity contribution in [1.82, 2.24) is 0 Å². The molecule has 0 unspecified atom stereocenters. The summed E-state index contributed by atoms with van der Waals surface area (Å²) in [5.74, 6) is -10.6. The molecule has 2 aromatic carbocycles. The molecule has 25 heavy (non-hydrogen) atoms. The second-order valence-electron chi connectivity index (χ2n) is 5.16. The predicted molar refractivity (Wildman–Crippen MR) is 82.7 cm³/mol. The molecule has 0 bridgehead atoms. The Morgan fingerprint density at radius 2 is 1.40 bits per heavy atom. The molecule has 3 nitrogen and oxygen atoms in total. The van der Waals surface area contributed by atoms with E-state index in [1.54, 1.807) is 0 Å². The number of rotatable bonds is 2. The van der Waals surface area contributed by atoms with Crippen molar-refractivity contribution >= 4 is 27.5 Å². The van der Waals surface area contributed by atoms with E-state index in [0.717, 1.165) is 6.92 Å². The van der Waals surface area contributed by atoms with Gasteiger partial charge in [-0.2, -0.15) is 4.39 Å². The number of allylic oxidation sites excluding steroid dienone is 2. The number of ether oxygens (including phenoxy) is 1. The smallest absolute Gasteiger partial charge is 0.230 e. The van der Waals surface area contributed by atoms with Crippen molar-refractivity contribution in [2.75, 3.05) is 0 Å². The Morgan fingerprint density at radius 1 is 0.840 bits per heavy atom. The number of carbonyl (C=O) groups is 2. The van der Waals surface area contributed by atoms with Gasteiger partial charge in [-0.05, 0) is 22.9 Å². The van der Waals surface area contributed by atoms with Gasteiger partial charge in [-0.1, -0.05) is 24.3 Å². The van der Waals surface area contributed by atoms with Crippen LogP contribution in [0.25, 0.3) is 0 Å². The minimum atomic E-state index is -1.94. The van der Waals surface area contributed by atoms with Gasteiger partial charge in [0.05, 0.1) is 0 Å². The summed E-state index contributed by atoms with van der Waals surface area (Å²) in [6, 6.07) is 5.76. The van der Waals surface area contributed by atoms with Crippen LogP contribution in [0.3, 0.4) is 0 Å². The van der Waals surface area contributed by atoms with Crippen LogP contribution < -0.4 is 4.74 Å². The van der Waals surface area contributed by atoms with E-state index in [1.165, 1.54) is 24.3 Å². The Morgan fingerprint density at radius 3 is 2.00 bits per heavy atom. The molecule has 0 radical (unpaired) electrons. The third kappa shape index (κ3) is 2.57. The van der Waals surface area contributed by atoms with Crippen molar-refractivity contribution in [2.24, 2.45) is 0 Å². The highest BCUT2D eigenvalue weighted by Crippen LogP contribution is 2.35. The first-order chi connectivity index (χ1) is 11.8. The summed E-state index contributed by atoms with van der Waals surface area (Å²) >= 11 is 2.86. The quantitative estimate of drug-likeness (QED) is 0.409. The van der Waals surface area contributed by atoms with Gasteiger partial charge in [0, 0.05) is 16.7 Å². The van der Waals surface area contributed by atoms with Gasteiger partial charge in [-0.3, -0.25) is 9.59 Å². The molecule has 0 aromatic heterocycles. The van der Waals surface area contributed by atoms with Crippen molar-refractivity contribution in [3.05, 3.63) is 74.5 Å². The summed E-state index contributed by atoms with van der Waals surface area (Å²) in [5.41, 5.74) is -0.777. The Labute approximate surface area is 147 Å². The van der Waals surface area contributed by atoms with E-state index in [4.69, 9.17) is 4.74 Å². The van der Waals surface area contributed by atoms with E-state index in [1.807, 2.05) is 0 Å². The zero-order chi connectivity index (χ0) is 18.5. The van der Waals surface area contributed by atoms with Gasteiger partial charge in [0.15, 0.2) is 23.2 Å². The van der Waals surface area contributed by atoms with Gasteiger partial charge in [-0.25, -0.2) is 13.2 Å². The second-order valence-corrected chi connectivity index (χ2v) is 5.95. The molecule has 8 heteroatoms. The van der Waals surface area contributed by atoms with Crippen LogP contribution in [0.1, 0.15) is 26.3 Å². The van der Waals surface area contributed by atoms with Gasteiger partial charge in [-0.15, -0.1) is 0 Å². The number of ketones is 2. The van der Waals surface area contributed by atoms with Crippen LogP contribution in [0.15, 0.2) is 34.5 Å². The number of Topliss-reactive ketones (excluding diaryl/α,β-unsaturated/α-hetero) is 2. The van der Waals surface area contributed by atoms with Crippen LogP contribution >= 0.6 is 15.9 Å². The van der Waals surface area contributed by atoms with E-state index < -0.39 is 51.9 Å². The normalized spacial score (nSPS) is 14.0. The molecule has 0 saturated carbocycles. The van der Waals surface area contributed by atoms with Crippen LogP contribution in [0, 0.1) is 30.2 Å². The lowest BCUT2D eigenvalue weighted by atomic mass is 9.93. The van der Waals surface area contributed by atoms with Crippen LogP contribution in [-0.2, 0) is 0 Å². The third-order valence-corrected chi connectivity index (χ3v) is 4.39. The maximum absolute atomic E-state index is 14.1. The summed E-state index contributed by atoms with van der Waals surface area (Å²) < 4.78 is 59.4. The van der Waals surface area contributed by atoms with Crippen molar-refractivity contribution in [1.29, 1.82) is 0 Å². The van der Waals surface area contributed by atoms with Gasteiger partial charge in [0.2, 0.25) is 23.1 Å². The number of benzene rings is 2. The van der Waals surface area contributed by atoms with Crippen molar-refractivity contribution in [3.63, 3.8) is 0 Å². The lowest BCUT2D eigenvalue weighted by Gasteiger charge is -2.19. The average Bonchev–Trinajstić information content (AvgIpc) is 2.62. The summed E-state index contributed by atoms with van der Waals surface area (Å²) in [5, 5.41) is 0. The lowest BCUT2D eigenvalue weighted by Crippen LogP contribution is -2.23. The second kappa shape index (κ2) is 6.11. The van der Waals surface area contributed by atoms with Crippen molar-refractivity contribution in [3.8, 4) is 5.75 Å². The molecule has 1 aliphatic rings. The highest BCUT2D eigenvalue weighted by molar-refractivity contribution is 9.12. The molecule has 0 heterocycles. The monoisotopic (exact) mass is 414 g/mol. The van der Waals surface area contributed by atoms with Crippen LogP contribution in [0.5, 0.6) is 5.75 Å². The third-order valence-electron chi connectivity index (χ3n) is 3.67. The number of carbonyl (C=O) groups excluding carboxylic acids is 2. The Kier molecular flexibility index (Phi) is 4.24. The Hall–Kier alpha value is -2.48. The highest BCUT2D eigenvalue weighted by Gasteiger charge is 2.35. The first-order valence-electron chi connectivity index (χ1n) is 6.84. The van der Waals surface area contributed by atoms with E-state index in [-0.39, 0.29) is 15.6 Å². The van der Waals surface area contributed by atoms with Gasteiger partial charge in [0.1, 0.15) is 4.48 Å². The molecule has 0 atom stereocenters. The zero-order valence-corrected chi connectivity index (χ0v) is 14.0. The molecule has 0 amide bonds. The minimum Gasteiger partial charge on any atom is -0.446 e. The van der Waals surface area contributed by atoms with Crippen LogP contribution in [0.4, 0.5) is 17.6 Å². The molecule has 1 aliphatic carbocycles. The van der Waals surface area contributed by atoms with Crippen LogP contribution in [0.2, 0.25) is 0 Å². The standard InChI is InChI=1S/C17H7BrF4O3/c1-6-10(19)12(21)13(22)17(11(6)20)25-16-9(18)14(23)7-4-2-3-5-8(7)15(16)24/h2-5H,1H3. The molecule has 3 rings (SSSR count). The molecular weight excluding hydrogens is 408 g/mol. The average molecular weight is 415 g/mol. The fourth-order valence-electron chi connectivity index (χ4n) is 2.33. The molecule has 0 aliphatic heterocycles. The first kappa shape index (κ1) is 17.3. The number of fused-ring (bicyclic) bond motifs is 1. The largest absolute Gasteiger partial charge is 0.446 e. The van der Waals surface area contributed by atoms with E-state index in [9.17, 15) is 27.2 Å². The number of hydrogen-bond donors (Lipinski definition) is 0. The molecule has 128 valence electrons. The molecule has 0 fully saturated rings. The summed E-state index contributed by atoms with van der Waals surface area (Å²) in [6.07, 6.45) is 0. The zero-order valence-electron chi connectivity index (χ0n) is 12.4. The van der Waals surface area contributed by atoms with E-state index in [2.05, 4.69) is 15.9 Å². The van der Waals surface area contributed by atoms with Crippen LogP contribution in [-0.4, -0.2) is 11.6 Å². The SMILES string of the molecule is Cc1c(F)c(F)c(F)c(OC2=C(Br)C(=O)c3ccccc3C2=O)c1F. The fourth-order valence-corrected chi connectivity index (χ4v) is 2.80. The number of halogens is 5. The highest BCUT2D eigenvalue weighted by atomic mass is 79.9. The Balaban J connectivity index is 2.15. The summed E-state index contributed by atoms with van der Waals surface area (Å²) in [4.78, 5) is 24.7. The summed E-state index contributed by atoms with van der Waals surface area (Å²) in [6.45, 7) is 0.882. The number of hydrogen-bond acceptors (Lipinski definition) is 3. The summed E-state index contributed by atoms with van der Waals surface area (Å²) in [7, 11) is 0. The maximum atomic E-state index is 14.1. The van der Waals surface area contributed by atoms with E-state index >= 15 is 0 Å². The lowest BCUT2D eigenvalue weighted by molar-refractivity contribution is 0.0941. The molecule has 0 saturated heterocycles. The molecule has 0 spiro atoms. The minimum absolute atomic E-state index is 0.0363. The topological polar surface area (TPSA) is 43.4 Å². The first-order valence-corrected chi connectivity index (χ1v) is 7.63. The van der Waals surface area contributed by atoms with Gasteiger partial charge < -0.3 is 4.74 Å². The predicted octanol–water partition coefficient (Wildman–Crippen LogP) is 4.62. The molecular formula is C17H7BrF4O3. The van der Waals surface area contributed by atoms with E-state index in [0.29, 0.717) is 0 Å². The van der Waals surface area contributed by atoms with Crippen molar-refractivity contribution < 1.29 is 31.9 Å². The Bertz CT molecular complexity index is 953. The molecule has 0 N–H and O–H groups in total. The van der Waals surface area contributed by atoms with Gasteiger partial charge >= 0.3 is 0 Å². The van der Waals surface area contributed by atoms with Crippen molar-refractivity contribution in [2.45, 2.75) is 6.92 Å².